The van der Waals surface area contributed by atoms with Crippen LogP contribution in [0.15, 0.2) is 6.08 Å². The minimum Gasteiger partial charge on any atom is -0.0843 e. The first-order chi connectivity index (χ1) is 2.93. The average Bonchev–Trinajstić information content (AvgIpc) is 2.21. The lowest BCUT2D eigenvalue weighted by molar-refractivity contribution is 0.863. The van der Waals surface area contributed by atoms with Gasteiger partial charge in [0.25, 0.3) is 0 Å². The predicted molar refractivity (Wildman–Crippen MR) is 26.2 cm³/mol. The van der Waals surface area contributed by atoms with Gasteiger partial charge in [-0.2, -0.15) is 0 Å². The van der Waals surface area contributed by atoms with Crippen LogP contribution in [0.3, 0.4) is 0 Å². The van der Waals surface area contributed by atoms with Crippen molar-refractivity contribution in [2.24, 2.45) is 5.92 Å². The van der Waals surface area contributed by atoms with Crippen LogP contribution < -0.4 is 0 Å². The molecule has 33 valence electrons. The summed E-state index contributed by atoms with van der Waals surface area (Å²) >= 11 is 0. The first-order valence-corrected chi connectivity index (χ1v) is 2.47. The third-order valence-electron chi connectivity index (χ3n) is 1.17. The molecule has 1 radical (unpaired) electrons. The maximum atomic E-state index is 5.14. The van der Waals surface area contributed by atoms with Gasteiger partial charge in [-0.25, -0.2) is 0 Å². The predicted octanol–water partition coefficient (Wildman–Crippen LogP) is 1.78. The van der Waals surface area contributed by atoms with Crippen molar-refractivity contribution in [1.29, 1.82) is 0 Å². The minimum absolute atomic E-state index is 0.968. The fraction of sp³-hybridized carbons (Fsp3) is 0.667. The first-order valence-electron chi connectivity index (χ1n) is 2.47. The zero-order chi connectivity index (χ0) is 4.41. The van der Waals surface area contributed by atoms with Gasteiger partial charge in [-0.05, 0) is 25.2 Å². The minimum atomic E-state index is 0.968. The van der Waals surface area contributed by atoms with E-state index in [1.807, 2.05) is 0 Å². The molecule has 1 fully saturated rings. The second kappa shape index (κ2) is 1.46. The Bertz CT molecular complexity index is 51.1. The van der Waals surface area contributed by atoms with Gasteiger partial charge in [-0.3, -0.25) is 0 Å². The lowest BCUT2D eigenvalue weighted by atomic mass is 10.3. The number of allylic oxidation sites excluding steroid dienone is 1. The first kappa shape index (κ1) is 3.91. The lowest BCUT2D eigenvalue weighted by Gasteiger charge is -1.76. The Labute approximate surface area is 38.9 Å². The van der Waals surface area contributed by atoms with Crippen LogP contribution in [0, 0.1) is 12.5 Å². The summed E-state index contributed by atoms with van der Waals surface area (Å²) in [6.07, 6.45) is 5.72. The van der Waals surface area contributed by atoms with Crippen LogP contribution in [-0.2, 0) is 0 Å². The van der Waals surface area contributed by atoms with Gasteiger partial charge < -0.3 is 0 Å². The monoisotopic (exact) mass is 81.1 g/mol. The summed E-state index contributed by atoms with van der Waals surface area (Å²) < 4.78 is 0. The molecule has 0 aromatic heterocycles. The van der Waals surface area contributed by atoms with Crippen molar-refractivity contribution < 1.29 is 0 Å². The van der Waals surface area contributed by atoms with Crippen LogP contribution in [0.5, 0.6) is 0 Å². The number of hydrogen-bond donors (Lipinski definition) is 0. The third-order valence-corrected chi connectivity index (χ3v) is 1.17. The number of rotatable bonds is 2. The Kier molecular flexibility index (Phi) is 0.952. The Balaban J connectivity index is 2.00. The van der Waals surface area contributed by atoms with Gasteiger partial charge in [-0.15, -0.1) is 0 Å². The van der Waals surface area contributed by atoms with Crippen molar-refractivity contribution in [3.8, 4) is 0 Å². The zero-order valence-corrected chi connectivity index (χ0v) is 3.85. The van der Waals surface area contributed by atoms with E-state index in [1.54, 1.807) is 6.08 Å². The smallest absolute Gasteiger partial charge is 0.0319 e. The van der Waals surface area contributed by atoms with E-state index >= 15 is 0 Å². The average molecular weight is 81.1 g/mol. The van der Waals surface area contributed by atoms with Crippen molar-refractivity contribution in [1.82, 2.24) is 0 Å². The summed E-state index contributed by atoms with van der Waals surface area (Å²) in [5.74, 6) is 0.968. The van der Waals surface area contributed by atoms with E-state index in [4.69, 9.17) is 6.58 Å². The number of hydrogen-bond acceptors (Lipinski definition) is 0. The quantitative estimate of drug-likeness (QED) is 0.475. The second-order valence-corrected chi connectivity index (χ2v) is 1.91. The molecule has 0 nitrogen and oxygen atoms in total. The van der Waals surface area contributed by atoms with Crippen LogP contribution in [0.2, 0.25) is 0 Å². The van der Waals surface area contributed by atoms with E-state index in [2.05, 4.69) is 0 Å². The molecule has 1 aliphatic rings. The van der Waals surface area contributed by atoms with Gasteiger partial charge >= 0.3 is 0 Å². The molecule has 0 N–H and O–H groups in total. The molecule has 6 heavy (non-hydrogen) atoms. The molecule has 0 saturated heterocycles. The van der Waals surface area contributed by atoms with Gasteiger partial charge in [0.2, 0.25) is 0 Å². The van der Waals surface area contributed by atoms with E-state index in [0.717, 1.165) is 12.3 Å². The van der Waals surface area contributed by atoms with Gasteiger partial charge in [0.05, 0.1) is 0 Å². The van der Waals surface area contributed by atoms with Crippen molar-refractivity contribution in [2.75, 3.05) is 0 Å². The molecule has 0 atom stereocenters. The Hall–Kier alpha value is -0.260. The van der Waals surface area contributed by atoms with E-state index in [9.17, 15) is 0 Å². The van der Waals surface area contributed by atoms with Crippen molar-refractivity contribution in [3.05, 3.63) is 12.7 Å². The highest BCUT2D eigenvalue weighted by atomic mass is 14.2. The molecule has 0 unspecified atom stereocenters. The lowest BCUT2D eigenvalue weighted by Crippen LogP contribution is -1.63. The van der Waals surface area contributed by atoms with Crippen LogP contribution in [0.1, 0.15) is 19.3 Å². The van der Waals surface area contributed by atoms with E-state index < -0.39 is 0 Å². The fourth-order valence-electron chi connectivity index (χ4n) is 0.546. The van der Waals surface area contributed by atoms with Crippen molar-refractivity contribution in [2.45, 2.75) is 19.3 Å². The SMILES string of the molecule is [CH]=CCC1CC1. The second-order valence-electron chi connectivity index (χ2n) is 1.91. The van der Waals surface area contributed by atoms with Crippen LogP contribution in [0.4, 0.5) is 0 Å². The molecular formula is C6H9. The highest BCUT2D eigenvalue weighted by Crippen LogP contribution is 2.32. The normalized spacial score (nSPS) is 20.7. The van der Waals surface area contributed by atoms with Crippen molar-refractivity contribution in [3.63, 3.8) is 0 Å². The largest absolute Gasteiger partial charge is 0.0843 e. The van der Waals surface area contributed by atoms with E-state index in [-0.39, 0.29) is 0 Å². The summed E-state index contributed by atoms with van der Waals surface area (Å²) in [4.78, 5) is 0. The summed E-state index contributed by atoms with van der Waals surface area (Å²) in [6, 6.07) is 0. The van der Waals surface area contributed by atoms with Crippen LogP contribution in [-0.4, -0.2) is 0 Å². The summed E-state index contributed by atoms with van der Waals surface area (Å²) in [5.41, 5.74) is 0. The molecule has 1 saturated carbocycles. The summed E-state index contributed by atoms with van der Waals surface area (Å²) in [5, 5.41) is 0. The zero-order valence-electron chi connectivity index (χ0n) is 3.85. The molecule has 1 aliphatic carbocycles. The topological polar surface area (TPSA) is 0 Å². The van der Waals surface area contributed by atoms with Crippen LogP contribution in [0.25, 0.3) is 0 Å². The van der Waals surface area contributed by atoms with Gasteiger partial charge in [0.1, 0.15) is 0 Å². The van der Waals surface area contributed by atoms with Gasteiger partial charge in [0, 0.05) is 0 Å². The van der Waals surface area contributed by atoms with E-state index in [1.165, 1.54) is 12.8 Å². The van der Waals surface area contributed by atoms with Crippen molar-refractivity contribution >= 4 is 0 Å². The highest BCUT2D eigenvalue weighted by molar-refractivity contribution is 4.79. The third kappa shape index (κ3) is 0.852. The Morgan fingerprint density at radius 2 is 2.33 bits per heavy atom. The molecule has 0 heteroatoms. The molecule has 1 rings (SSSR count). The Morgan fingerprint density at radius 1 is 1.67 bits per heavy atom. The van der Waals surface area contributed by atoms with Gasteiger partial charge in [-0.1, -0.05) is 12.7 Å². The fourth-order valence-corrected chi connectivity index (χ4v) is 0.546. The molecule has 0 spiro atoms. The van der Waals surface area contributed by atoms with Crippen LogP contribution >= 0.6 is 0 Å². The molecular weight excluding hydrogens is 72.1 g/mol. The van der Waals surface area contributed by atoms with Gasteiger partial charge in [0.15, 0.2) is 0 Å². The molecule has 0 aliphatic heterocycles. The maximum absolute atomic E-state index is 5.14. The van der Waals surface area contributed by atoms with E-state index in [0.29, 0.717) is 0 Å². The highest BCUT2D eigenvalue weighted by Gasteiger charge is 2.18. The molecule has 0 amide bonds. The molecule has 0 aromatic rings. The maximum Gasteiger partial charge on any atom is -0.0319 e. The Morgan fingerprint density at radius 3 is 2.50 bits per heavy atom. The summed E-state index contributed by atoms with van der Waals surface area (Å²) in [6.45, 7) is 5.14. The molecule has 0 aromatic carbocycles. The molecule has 0 heterocycles. The molecule has 0 bridgehead atoms. The summed E-state index contributed by atoms with van der Waals surface area (Å²) in [7, 11) is 0. The standard InChI is InChI=1S/C6H9/c1-2-3-6-4-5-6/h1-2,6H,3-5H2.